The molecule has 0 aliphatic rings. The Labute approximate surface area is 235 Å². The molecular weight excluding hydrogens is 550 g/mol. The van der Waals surface area contributed by atoms with E-state index in [-0.39, 0.29) is 18.2 Å². The van der Waals surface area contributed by atoms with E-state index in [2.05, 4.69) is 15.4 Å². The van der Waals surface area contributed by atoms with Gasteiger partial charge in [0.1, 0.15) is 29.4 Å². The van der Waals surface area contributed by atoms with Crippen molar-refractivity contribution in [1.82, 2.24) is 14.6 Å². The summed E-state index contributed by atoms with van der Waals surface area (Å²) < 4.78 is 24.5. The van der Waals surface area contributed by atoms with Crippen molar-refractivity contribution in [1.29, 1.82) is 0 Å². The van der Waals surface area contributed by atoms with Crippen LogP contribution in [0.5, 0.6) is 16.7 Å². The van der Waals surface area contributed by atoms with Crippen LogP contribution in [0.4, 0.5) is 11.4 Å². The standard InChI is InChI=1S/C28H21N5O7S/c1-37-20-11-23(21-13-25(40-24(21)12-20)22-14-32-27(30-22)41-28(31-32)38-2)39-15-16-4-3-5-18(10-16)29-26(34)17-6-8-19(9-7-17)33(35)36/h3-14H,15H2,1-2H3,(H,29,34). The van der Waals surface area contributed by atoms with E-state index < -0.39 is 4.92 Å². The van der Waals surface area contributed by atoms with E-state index in [9.17, 15) is 14.9 Å². The van der Waals surface area contributed by atoms with E-state index in [1.165, 1.54) is 35.6 Å². The molecule has 0 fully saturated rings. The SMILES string of the molecule is COc1cc(OCc2cccc(NC(=O)c3ccc([N+](=O)[O-])cc3)c2)c2cc(-c3cn4nc(OC)sc4n3)oc2c1. The highest BCUT2D eigenvalue weighted by Crippen LogP contribution is 2.37. The Morgan fingerprint density at radius 3 is 2.66 bits per heavy atom. The number of ether oxygens (including phenoxy) is 3. The number of anilines is 1. The van der Waals surface area contributed by atoms with Crippen molar-refractivity contribution < 1.29 is 28.3 Å². The summed E-state index contributed by atoms with van der Waals surface area (Å²) in [5.74, 6) is 1.28. The first-order valence-corrected chi connectivity index (χ1v) is 13.0. The van der Waals surface area contributed by atoms with Crippen LogP contribution in [0.3, 0.4) is 0 Å². The van der Waals surface area contributed by atoms with Gasteiger partial charge in [-0.15, -0.1) is 5.10 Å². The summed E-state index contributed by atoms with van der Waals surface area (Å²) in [6.45, 7) is 0.202. The molecule has 0 aliphatic carbocycles. The van der Waals surface area contributed by atoms with Gasteiger partial charge in [0.05, 0.1) is 30.7 Å². The molecule has 0 saturated heterocycles. The zero-order valence-corrected chi connectivity index (χ0v) is 22.5. The summed E-state index contributed by atoms with van der Waals surface area (Å²) in [4.78, 5) is 28.3. The lowest BCUT2D eigenvalue weighted by Gasteiger charge is -2.11. The number of non-ortho nitro benzene ring substituents is 1. The third-order valence-corrected chi connectivity index (χ3v) is 7.06. The third kappa shape index (κ3) is 5.25. The molecule has 6 rings (SSSR count). The van der Waals surface area contributed by atoms with Crippen molar-refractivity contribution in [3.8, 4) is 28.1 Å². The minimum absolute atomic E-state index is 0.0838. The molecule has 0 radical (unpaired) electrons. The second-order valence-corrected chi connectivity index (χ2v) is 9.74. The Morgan fingerprint density at radius 1 is 1.10 bits per heavy atom. The fourth-order valence-electron chi connectivity index (χ4n) is 4.17. The van der Waals surface area contributed by atoms with Gasteiger partial charge in [0.15, 0.2) is 5.76 Å². The average molecular weight is 572 g/mol. The fourth-order valence-corrected chi connectivity index (χ4v) is 4.87. The lowest BCUT2D eigenvalue weighted by Crippen LogP contribution is -2.12. The van der Waals surface area contributed by atoms with Gasteiger partial charge in [-0.1, -0.05) is 12.1 Å². The molecule has 13 heteroatoms. The van der Waals surface area contributed by atoms with Crippen molar-refractivity contribution in [2.45, 2.75) is 6.61 Å². The molecule has 206 valence electrons. The number of amides is 1. The maximum absolute atomic E-state index is 12.6. The van der Waals surface area contributed by atoms with Gasteiger partial charge in [0, 0.05) is 35.5 Å². The monoisotopic (exact) mass is 571 g/mol. The van der Waals surface area contributed by atoms with E-state index >= 15 is 0 Å². The van der Waals surface area contributed by atoms with Crippen LogP contribution in [0.15, 0.2) is 77.3 Å². The van der Waals surface area contributed by atoms with Crippen molar-refractivity contribution in [3.05, 3.63) is 94.2 Å². The van der Waals surface area contributed by atoms with Crippen molar-refractivity contribution in [3.63, 3.8) is 0 Å². The molecule has 0 unspecified atom stereocenters. The number of aromatic nitrogens is 3. The molecule has 12 nitrogen and oxygen atoms in total. The smallest absolute Gasteiger partial charge is 0.294 e. The first-order valence-electron chi connectivity index (χ1n) is 12.2. The quantitative estimate of drug-likeness (QED) is 0.164. The van der Waals surface area contributed by atoms with E-state index in [0.717, 1.165) is 10.9 Å². The highest BCUT2D eigenvalue weighted by molar-refractivity contribution is 7.18. The molecule has 6 aromatic rings. The number of furan rings is 1. The predicted molar refractivity (Wildman–Crippen MR) is 151 cm³/mol. The number of imidazole rings is 1. The van der Waals surface area contributed by atoms with Crippen molar-refractivity contribution >= 4 is 44.5 Å². The number of hydrogen-bond donors (Lipinski definition) is 1. The molecule has 41 heavy (non-hydrogen) atoms. The molecule has 0 atom stereocenters. The first kappa shape index (κ1) is 25.8. The Morgan fingerprint density at radius 2 is 1.93 bits per heavy atom. The van der Waals surface area contributed by atoms with Crippen LogP contribution in [-0.2, 0) is 6.61 Å². The Bertz CT molecular complexity index is 1880. The summed E-state index contributed by atoms with van der Waals surface area (Å²) in [7, 11) is 3.12. The van der Waals surface area contributed by atoms with E-state index in [4.69, 9.17) is 18.6 Å². The van der Waals surface area contributed by atoms with Crippen LogP contribution in [-0.4, -0.2) is 39.6 Å². The number of hydrogen-bond acceptors (Lipinski definition) is 10. The molecule has 0 aliphatic heterocycles. The zero-order chi connectivity index (χ0) is 28.5. The van der Waals surface area contributed by atoms with Crippen LogP contribution in [0.2, 0.25) is 0 Å². The van der Waals surface area contributed by atoms with Crippen LogP contribution in [0, 0.1) is 10.1 Å². The number of fused-ring (bicyclic) bond motifs is 2. The second kappa shape index (κ2) is 10.6. The molecule has 3 aromatic carbocycles. The summed E-state index contributed by atoms with van der Waals surface area (Å²) in [6, 6.07) is 18.0. The van der Waals surface area contributed by atoms with Crippen molar-refractivity contribution in [2.75, 3.05) is 19.5 Å². The normalized spacial score (nSPS) is 11.1. The summed E-state index contributed by atoms with van der Waals surface area (Å²) in [6.07, 6.45) is 1.76. The summed E-state index contributed by atoms with van der Waals surface area (Å²) in [5, 5.41) is 19.2. The van der Waals surface area contributed by atoms with Gasteiger partial charge in [-0.2, -0.15) is 0 Å². The molecule has 0 saturated carbocycles. The number of nitro groups is 1. The van der Waals surface area contributed by atoms with E-state index in [1.807, 2.05) is 12.1 Å². The van der Waals surface area contributed by atoms with Gasteiger partial charge in [-0.25, -0.2) is 9.50 Å². The highest BCUT2D eigenvalue weighted by atomic mass is 32.1. The fraction of sp³-hybridized carbons (Fsp3) is 0.107. The summed E-state index contributed by atoms with van der Waals surface area (Å²) >= 11 is 1.32. The molecule has 0 spiro atoms. The van der Waals surface area contributed by atoms with Crippen LogP contribution >= 0.6 is 11.3 Å². The maximum atomic E-state index is 12.6. The lowest BCUT2D eigenvalue weighted by atomic mass is 10.1. The Hall–Kier alpha value is -5.43. The van der Waals surface area contributed by atoms with Gasteiger partial charge < -0.3 is 23.9 Å². The molecule has 3 heterocycles. The van der Waals surface area contributed by atoms with Crippen LogP contribution in [0.1, 0.15) is 15.9 Å². The highest BCUT2D eigenvalue weighted by Gasteiger charge is 2.17. The second-order valence-electron chi connectivity index (χ2n) is 8.82. The molecular formula is C28H21N5O7S. The number of carbonyl (C=O) groups excluding carboxylic acids is 1. The van der Waals surface area contributed by atoms with Gasteiger partial charge in [-0.3, -0.25) is 14.9 Å². The van der Waals surface area contributed by atoms with Gasteiger partial charge in [-0.05, 0) is 47.2 Å². The number of nitrogens with one attached hydrogen (secondary N) is 1. The first-order chi connectivity index (χ1) is 19.9. The lowest BCUT2D eigenvalue weighted by molar-refractivity contribution is -0.384. The largest absolute Gasteiger partial charge is 0.496 e. The number of nitrogens with zero attached hydrogens (tertiary/aromatic N) is 4. The topological polar surface area (TPSA) is 143 Å². The van der Waals surface area contributed by atoms with E-state index in [1.54, 1.807) is 55.3 Å². The van der Waals surface area contributed by atoms with Gasteiger partial charge >= 0.3 is 0 Å². The Kier molecular flexibility index (Phi) is 6.69. The summed E-state index contributed by atoms with van der Waals surface area (Å²) in [5.41, 5.74) is 2.77. The predicted octanol–water partition coefficient (Wildman–Crippen LogP) is 5.96. The van der Waals surface area contributed by atoms with Gasteiger partial charge in [0.2, 0.25) is 4.96 Å². The third-order valence-electron chi connectivity index (χ3n) is 6.18. The van der Waals surface area contributed by atoms with Gasteiger partial charge in [0.25, 0.3) is 16.8 Å². The maximum Gasteiger partial charge on any atom is 0.294 e. The minimum Gasteiger partial charge on any atom is -0.496 e. The molecule has 1 amide bonds. The minimum atomic E-state index is -0.513. The molecule has 0 bridgehead atoms. The molecule has 3 aromatic heterocycles. The number of rotatable bonds is 9. The van der Waals surface area contributed by atoms with Crippen molar-refractivity contribution in [2.24, 2.45) is 0 Å². The number of benzene rings is 3. The Balaban J connectivity index is 1.21. The molecule has 1 N–H and O–H groups in total. The van der Waals surface area contributed by atoms with Crippen LogP contribution in [0.25, 0.3) is 27.4 Å². The average Bonchev–Trinajstić information content (AvgIpc) is 3.69. The van der Waals surface area contributed by atoms with Crippen LogP contribution < -0.4 is 19.5 Å². The number of nitro benzene ring substituents is 1. The van der Waals surface area contributed by atoms with E-state index in [0.29, 0.717) is 49.9 Å². The number of carbonyl (C=O) groups is 1. The zero-order valence-electron chi connectivity index (χ0n) is 21.7. The number of methoxy groups -OCH3 is 2.